The first-order chi connectivity index (χ1) is 17.2. The first-order valence-electron chi connectivity index (χ1n) is 11.7. The number of aromatic nitrogens is 1. The first kappa shape index (κ1) is 24.5. The Bertz CT molecular complexity index is 1260. The lowest BCUT2D eigenvalue weighted by Gasteiger charge is -2.47. The highest BCUT2D eigenvalue weighted by molar-refractivity contribution is 7.11. The number of carbonyl (C=O) groups is 2. The molecule has 5 rings (SSSR count). The molecule has 0 saturated carbocycles. The van der Waals surface area contributed by atoms with Crippen molar-refractivity contribution in [3.8, 4) is 11.1 Å². The van der Waals surface area contributed by atoms with Gasteiger partial charge in [0.2, 0.25) is 0 Å². The third kappa shape index (κ3) is 4.87. The summed E-state index contributed by atoms with van der Waals surface area (Å²) in [6, 6.07) is 10.7. The number of amides is 2. The van der Waals surface area contributed by atoms with E-state index in [1.54, 1.807) is 40.7 Å². The van der Waals surface area contributed by atoms with Crippen LogP contribution in [-0.2, 0) is 6.18 Å². The Kier molecular flexibility index (Phi) is 6.57. The molecule has 0 aliphatic carbocycles. The van der Waals surface area contributed by atoms with Crippen LogP contribution in [0.2, 0.25) is 0 Å². The summed E-state index contributed by atoms with van der Waals surface area (Å²) in [5.74, 6) is -0.101. The Hall–Kier alpha value is -3.24. The molecule has 0 unspecified atom stereocenters. The highest BCUT2D eigenvalue weighted by atomic mass is 32.1. The fourth-order valence-electron chi connectivity index (χ4n) is 4.74. The molecule has 3 aromatic rings. The number of halogens is 3. The lowest BCUT2D eigenvalue weighted by molar-refractivity contribution is -0.137. The van der Waals surface area contributed by atoms with Crippen molar-refractivity contribution in [3.63, 3.8) is 0 Å². The van der Waals surface area contributed by atoms with Crippen molar-refractivity contribution in [2.45, 2.75) is 19.1 Å². The average molecular weight is 515 g/mol. The number of nitrogens with zero attached hydrogens (tertiary/aromatic N) is 4. The van der Waals surface area contributed by atoms with Crippen molar-refractivity contribution in [2.24, 2.45) is 0 Å². The monoisotopic (exact) mass is 514 g/mol. The van der Waals surface area contributed by atoms with Crippen LogP contribution >= 0.6 is 11.3 Å². The number of piperazine rings is 1. The molecule has 0 spiro atoms. The van der Waals surface area contributed by atoms with Crippen LogP contribution in [0.5, 0.6) is 0 Å². The molecular weight excluding hydrogens is 489 g/mol. The quantitative estimate of drug-likeness (QED) is 0.517. The maximum absolute atomic E-state index is 13.2. The van der Waals surface area contributed by atoms with E-state index >= 15 is 0 Å². The number of alkyl halides is 3. The van der Waals surface area contributed by atoms with E-state index in [4.69, 9.17) is 0 Å². The zero-order valence-electron chi connectivity index (χ0n) is 19.7. The minimum atomic E-state index is -4.41. The molecule has 0 atom stereocenters. The van der Waals surface area contributed by atoms with Gasteiger partial charge in [-0.1, -0.05) is 24.3 Å². The summed E-state index contributed by atoms with van der Waals surface area (Å²) >= 11 is 1.34. The SMILES string of the molecule is Cc1cc(-c2cccc(C(F)(F)F)c2)ccc1C(=O)N1CCN(C2CN(C(=O)c3nccs3)C2)CC1. The molecule has 2 aromatic carbocycles. The third-order valence-electron chi connectivity index (χ3n) is 6.86. The second-order valence-electron chi connectivity index (χ2n) is 9.14. The Morgan fingerprint density at radius 1 is 0.944 bits per heavy atom. The summed E-state index contributed by atoms with van der Waals surface area (Å²) in [5, 5.41) is 2.31. The Morgan fingerprint density at radius 3 is 2.31 bits per heavy atom. The molecular formula is C26H25F3N4O2S. The van der Waals surface area contributed by atoms with Gasteiger partial charge < -0.3 is 9.80 Å². The van der Waals surface area contributed by atoms with Crippen LogP contribution in [-0.4, -0.2) is 76.8 Å². The summed E-state index contributed by atoms with van der Waals surface area (Å²) in [7, 11) is 0. The predicted octanol–water partition coefficient (Wildman–Crippen LogP) is 4.42. The lowest BCUT2D eigenvalue weighted by Crippen LogP contribution is -2.64. The van der Waals surface area contributed by atoms with Crippen molar-refractivity contribution in [2.75, 3.05) is 39.3 Å². The lowest BCUT2D eigenvalue weighted by atomic mass is 9.97. The van der Waals surface area contributed by atoms with E-state index in [0.29, 0.717) is 53.9 Å². The van der Waals surface area contributed by atoms with E-state index in [1.807, 2.05) is 11.8 Å². The van der Waals surface area contributed by atoms with Gasteiger partial charge >= 0.3 is 6.18 Å². The Labute approximate surface area is 211 Å². The van der Waals surface area contributed by atoms with Crippen LogP contribution < -0.4 is 0 Å². The van der Waals surface area contributed by atoms with E-state index in [-0.39, 0.29) is 11.8 Å². The molecule has 2 amide bonds. The van der Waals surface area contributed by atoms with Gasteiger partial charge in [-0.2, -0.15) is 13.2 Å². The van der Waals surface area contributed by atoms with Crippen molar-refractivity contribution >= 4 is 23.2 Å². The third-order valence-corrected chi connectivity index (χ3v) is 7.62. The molecule has 188 valence electrons. The van der Waals surface area contributed by atoms with Crippen molar-refractivity contribution in [1.82, 2.24) is 19.7 Å². The van der Waals surface area contributed by atoms with Gasteiger partial charge in [-0.15, -0.1) is 11.3 Å². The van der Waals surface area contributed by atoms with Gasteiger partial charge in [0.1, 0.15) is 0 Å². The maximum atomic E-state index is 13.2. The zero-order valence-corrected chi connectivity index (χ0v) is 20.5. The molecule has 36 heavy (non-hydrogen) atoms. The summed E-state index contributed by atoms with van der Waals surface area (Å²) in [5.41, 5.74) is 1.69. The molecule has 2 fully saturated rings. The predicted molar refractivity (Wildman–Crippen MR) is 131 cm³/mol. The number of carbonyl (C=O) groups excluding carboxylic acids is 2. The molecule has 2 saturated heterocycles. The van der Waals surface area contributed by atoms with Crippen LogP contribution in [0.25, 0.3) is 11.1 Å². The minimum Gasteiger partial charge on any atom is -0.336 e. The largest absolute Gasteiger partial charge is 0.416 e. The zero-order chi connectivity index (χ0) is 25.4. The molecule has 0 radical (unpaired) electrons. The standard InChI is InChI=1S/C26H25F3N4O2S/c1-17-13-19(18-3-2-4-20(14-18)26(27,28)29)5-6-22(17)24(34)32-10-8-31(9-11-32)21-15-33(16-21)25(35)23-30-7-12-36-23/h2-7,12-14,21H,8-11,15-16H2,1H3. The van der Waals surface area contributed by atoms with Crippen molar-refractivity contribution in [3.05, 3.63) is 75.7 Å². The maximum Gasteiger partial charge on any atom is 0.416 e. The van der Waals surface area contributed by atoms with Gasteiger partial charge in [0, 0.05) is 62.5 Å². The second kappa shape index (κ2) is 9.67. The molecule has 0 N–H and O–H groups in total. The second-order valence-corrected chi connectivity index (χ2v) is 10.0. The number of hydrogen-bond donors (Lipinski definition) is 0. The summed E-state index contributed by atoms with van der Waals surface area (Å²) in [6.45, 7) is 5.79. The molecule has 2 aliphatic heterocycles. The average Bonchev–Trinajstić information content (AvgIpc) is 3.38. The minimum absolute atomic E-state index is 0.0286. The fourth-order valence-corrected chi connectivity index (χ4v) is 5.34. The number of rotatable bonds is 4. The number of hydrogen-bond acceptors (Lipinski definition) is 5. The van der Waals surface area contributed by atoms with Gasteiger partial charge in [-0.25, -0.2) is 4.98 Å². The van der Waals surface area contributed by atoms with E-state index in [1.165, 1.54) is 17.4 Å². The molecule has 2 aliphatic rings. The van der Waals surface area contributed by atoms with Crippen LogP contribution in [0.15, 0.2) is 54.0 Å². The van der Waals surface area contributed by atoms with Gasteiger partial charge in [-0.05, 0) is 41.8 Å². The van der Waals surface area contributed by atoms with Gasteiger partial charge in [0.05, 0.1) is 5.56 Å². The highest BCUT2D eigenvalue weighted by Crippen LogP contribution is 2.33. The fraction of sp³-hybridized carbons (Fsp3) is 0.346. The van der Waals surface area contributed by atoms with Gasteiger partial charge in [-0.3, -0.25) is 14.5 Å². The van der Waals surface area contributed by atoms with Crippen molar-refractivity contribution in [1.29, 1.82) is 0 Å². The van der Waals surface area contributed by atoms with E-state index in [0.717, 1.165) is 30.8 Å². The van der Waals surface area contributed by atoms with E-state index in [2.05, 4.69) is 9.88 Å². The molecule has 0 bridgehead atoms. The summed E-state index contributed by atoms with van der Waals surface area (Å²) < 4.78 is 39.2. The number of likely N-dealkylation sites (tertiary alicyclic amines) is 1. The molecule has 1 aromatic heterocycles. The molecule has 3 heterocycles. The molecule has 10 heteroatoms. The van der Waals surface area contributed by atoms with E-state index < -0.39 is 11.7 Å². The van der Waals surface area contributed by atoms with Crippen LogP contribution in [0.4, 0.5) is 13.2 Å². The van der Waals surface area contributed by atoms with Crippen LogP contribution in [0, 0.1) is 6.92 Å². The Balaban J connectivity index is 1.18. The molecule has 6 nitrogen and oxygen atoms in total. The van der Waals surface area contributed by atoms with Crippen LogP contribution in [0.3, 0.4) is 0 Å². The van der Waals surface area contributed by atoms with Crippen LogP contribution in [0.1, 0.15) is 31.3 Å². The summed E-state index contributed by atoms with van der Waals surface area (Å²) in [4.78, 5) is 35.6. The first-order valence-corrected chi connectivity index (χ1v) is 12.6. The topological polar surface area (TPSA) is 56.8 Å². The number of thiazole rings is 1. The summed E-state index contributed by atoms with van der Waals surface area (Å²) in [6.07, 6.45) is -2.77. The highest BCUT2D eigenvalue weighted by Gasteiger charge is 2.37. The Morgan fingerprint density at radius 2 is 1.67 bits per heavy atom. The number of benzene rings is 2. The van der Waals surface area contributed by atoms with Crippen molar-refractivity contribution < 1.29 is 22.8 Å². The van der Waals surface area contributed by atoms with E-state index in [9.17, 15) is 22.8 Å². The number of aryl methyl sites for hydroxylation is 1. The normalized spacial score (nSPS) is 17.2. The smallest absolute Gasteiger partial charge is 0.336 e. The van der Waals surface area contributed by atoms with Gasteiger partial charge in [0.25, 0.3) is 11.8 Å². The van der Waals surface area contributed by atoms with Gasteiger partial charge in [0.15, 0.2) is 5.01 Å².